The second-order valence-electron chi connectivity index (χ2n) is 4.03. The van der Waals surface area contributed by atoms with E-state index in [1.165, 1.54) is 12.1 Å². The van der Waals surface area contributed by atoms with Crippen LogP contribution < -0.4 is 5.73 Å². The van der Waals surface area contributed by atoms with Gasteiger partial charge in [0, 0.05) is 0 Å². The number of nitrogens with two attached hydrogens (primary N) is 1. The maximum atomic E-state index is 13.2. The van der Waals surface area contributed by atoms with Gasteiger partial charge >= 0.3 is 0 Å². The Hall–Kier alpha value is -0.350. The molecule has 0 unspecified atom stereocenters. The molecule has 1 fully saturated rings. The van der Waals surface area contributed by atoms with Gasteiger partial charge in [0.15, 0.2) is 0 Å². The van der Waals surface area contributed by atoms with E-state index >= 15 is 0 Å². The summed E-state index contributed by atoms with van der Waals surface area (Å²) in [5.41, 5.74) is 6.43. The third-order valence-electron chi connectivity index (χ3n) is 2.80. The van der Waals surface area contributed by atoms with Crippen molar-refractivity contribution in [1.29, 1.82) is 0 Å². The second kappa shape index (κ2) is 5.32. The van der Waals surface area contributed by atoms with Crippen LogP contribution in [0.25, 0.3) is 0 Å². The molecule has 2 nitrogen and oxygen atoms in total. The van der Waals surface area contributed by atoms with Gasteiger partial charge in [-0.3, -0.25) is 0 Å². The lowest BCUT2D eigenvalue weighted by Crippen LogP contribution is -2.27. The van der Waals surface area contributed by atoms with Gasteiger partial charge < -0.3 is 10.8 Å². The molecule has 1 aromatic rings. The van der Waals surface area contributed by atoms with Gasteiger partial charge in [0.1, 0.15) is 5.82 Å². The molecular formula is C11H14Cl2FNO. The minimum Gasteiger partial charge on any atom is -0.391 e. The molecule has 0 heterocycles. The normalized spacial score (nSPS) is 18.8. The Bertz CT molecular complexity index is 371. The van der Waals surface area contributed by atoms with E-state index in [-0.39, 0.29) is 23.3 Å². The zero-order chi connectivity index (χ0) is 11.0. The number of rotatable bonds is 3. The zero-order valence-electron chi connectivity index (χ0n) is 8.57. The lowest BCUT2D eigenvalue weighted by molar-refractivity contribution is 0.122. The van der Waals surface area contributed by atoms with Crippen molar-refractivity contribution in [1.82, 2.24) is 0 Å². The minimum atomic E-state index is -0.578. The molecule has 1 saturated carbocycles. The Kier molecular flexibility index (Phi) is 4.56. The van der Waals surface area contributed by atoms with Gasteiger partial charge in [0.05, 0.1) is 17.2 Å². The Balaban J connectivity index is 0.00000128. The van der Waals surface area contributed by atoms with Crippen molar-refractivity contribution in [2.45, 2.75) is 25.0 Å². The van der Waals surface area contributed by atoms with Crippen LogP contribution in [0.3, 0.4) is 0 Å². The molecule has 0 bridgehead atoms. The number of halogens is 3. The molecule has 0 amide bonds. The van der Waals surface area contributed by atoms with Gasteiger partial charge in [0.2, 0.25) is 0 Å². The van der Waals surface area contributed by atoms with Gasteiger partial charge in [0.25, 0.3) is 0 Å². The summed E-state index contributed by atoms with van der Waals surface area (Å²) in [6.07, 6.45) is 1.43. The van der Waals surface area contributed by atoms with Crippen molar-refractivity contribution >= 4 is 24.0 Å². The molecule has 90 valence electrons. The van der Waals surface area contributed by atoms with Crippen LogP contribution in [0, 0.1) is 11.7 Å². The molecule has 1 aliphatic carbocycles. The number of hydrogen-bond donors (Lipinski definition) is 2. The molecule has 2 atom stereocenters. The number of benzene rings is 1. The van der Waals surface area contributed by atoms with Gasteiger partial charge in [-0.1, -0.05) is 17.7 Å². The summed E-state index contributed by atoms with van der Waals surface area (Å²) >= 11 is 5.56. The van der Waals surface area contributed by atoms with Gasteiger partial charge in [-0.15, -0.1) is 12.4 Å². The van der Waals surface area contributed by atoms with Crippen LogP contribution in [-0.4, -0.2) is 11.2 Å². The molecule has 0 spiro atoms. The summed E-state index contributed by atoms with van der Waals surface area (Å²) in [4.78, 5) is 0. The molecule has 3 N–H and O–H groups in total. The largest absolute Gasteiger partial charge is 0.391 e. The highest BCUT2D eigenvalue weighted by molar-refractivity contribution is 6.30. The standard InChI is InChI=1S/C11H13ClFNO.ClH/c12-8-4-3-7(5-9(8)13)10(14)11(15)6-1-2-6;/h3-6,10-11,15H,1-2,14H2;1H/t10-,11+;/m0./s1. The molecule has 1 aliphatic rings. The quantitative estimate of drug-likeness (QED) is 0.883. The SMILES string of the molecule is Cl.N[C@@H](c1ccc(Cl)c(F)c1)[C@H](O)C1CC1. The smallest absolute Gasteiger partial charge is 0.142 e. The van der Waals surface area contributed by atoms with E-state index in [0.717, 1.165) is 12.8 Å². The summed E-state index contributed by atoms with van der Waals surface area (Å²) in [6, 6.07) is 3.88. The van der Waals surface area contributed by atoms with E-state index in [1.807, 2.05) is 0 Å². The van der Waals surface area contributed by atoms with Crippen molar-refractivity contribution < 1.29 is 9.50 Å². The first-order valence-electron chi connectivity index (χ1n) is 4.98. The fraction of sp³-hybridized carbons (Fsp3) is 0.455. The Morgan fingerprint density at radius 1 is 1.44 bits per heavy atom. The maximum Gasteiger partial charge on any atom is 0.142 e. The van der Waals surface area contributed by atoms with Crippen molar-refractivity contribution in [2.75, 3.05) is 0 Å². The fourth-order valence-electron chi connectivity index (χ4n) is 1.65. The van der Waals surface area contributed by atoms with Gasteiger partial charge in [-0.25, -0.2) is 4.39 Å². The van der Waals surface area contributed by atoms with Crippen LogP contribution in [0.15, 0.2) is 18.2 Å². The summed E-state index contributed by atoms with van der Waals surface area (Å²) in [6.45, 7) is 0. The lowest BCUT2D eigenvalue weighted by atomic mass is 9.99. The third kappa shape index (κ3) is 2.86. The van der Waals surface area contributed by atoms with Crippen LogP contribution in [-0.2, 0) is 0 Å². The van der Waals surface area contributed by atoms with Crippen LogP contribution in [0.4, 0.5) is 4.39 Å². The molecule has 2 rings (SSSR count). The van der Waals surface area contributed by atoms with Gasteiger partial charge in [-0.2, -0.15) is 0 Å². The highest BCUT2D eigenvalue weighted by Crippen LogP contribution is 2.37. The van der Waals surface area contributed by atoms with Crippen LogP contribution in [0.1, 0.15) is 24.4 Å². The van der Waals surface area contributed by atoms with E-state index in [2.05, 4.69) is 0 Å². The van der Waals surface area contributed by atoms with E-state index < -0.39 is 18.0 Å². The molecule has 5 heteroatoms. The van der Waals surface area contributed by atoms with Crippen LogP contribution >= 0.6 is 24.0 Å². The van der Waals surface area contributed by atoms with Gasteiger partial charge in [-0.05, 0) is 36.5 Å². The van der Waals surface area contributed by atoms with Crippen LogP contribution in [0.2, 0.25) is 5.02 Å². The van der Waals surface area contributed by atoms with Crippen molar-refractivity contribution in [2.24, 2.45) is 11.7 Å². The Labute approximate surface area is 105 Å². The Morgan fingerprint density at radius 3 is 2.56 bits per heavy atom. The van der Waals surface area contributed by atoms with E-state index in [4.69, 9.17) is 17.3 Å². The zero-order valence-corrected chi connectivity index (χ0v) is 10.1. The van der Waals surface area contributed by atoms with E-state index in [9.17, 15) is 9.50 Å². The highest BCUT2D eigenvalue weighted by Gasteiger charge is 2.34. The summed E-state index contributed by atoms with van der Waals surface area (Å²) < 4.78 is 13.2. The van der Waals surface area contributed by atoms with Crippen LogP contribution in [0.5, 0.6) is 0 Å². The first-order valence-corrected chi connectivity index (χ1v) is 5.36. The van der Waals surface area contributed by atoms with Crippen molar-refractivity contribution in [3.8, 4) is 0 Å². The maximum absolute atomic E-state index is 13.2. The molecule has 1 aromatic carbocycles. The molecule has 0 aliphatic heterocycles. The molecule has 0 radical (unpaired) electrons. The first-order chi connectivity index (χ1) is 7.09. The molecule has 0 saturated heterocycles. The fourth-order valence-corrected chi connectivity index (χ4v) is 1.77. The Morgan fingerprint density at radius 2 is 2.06 bits per heavy atom. The molecular weight excluding hydrogens is 252 g/mol. The second-order valence-corrected chi connectivity index (χ2v) is 4.43. The van der Waals surface area contributed by atoms with E-state index in [1.54, 1.807) is 6.07 Å². The average molecular weight is 266 g/mol. The number of aliphatic hydroxyl groups is 1. The topological polar surface area (TPSA) is 46.2 Å². The summed E-state index contributed by atoms with van der Waals surface area (Å²) in [5, 5.41) is 9.87. The van der Waals surface area contributed by atoms with Crippen molar-refractivity contribution in [3.63, 3.8) is 0 Å². The molecule has 0 aromatic heterocycles. The minimum absolute atomic E-state index is 0. The number of hydrogen-bond acceptors (Lipinski definition) is 2. The number of aliphatic hydroxyl groups excluding tert-OH is 1. The summed E-state index contributed by atoms with van der Waals surface area (Å²) in [5.74, 6) is -0.216. The summed E-state index contributed by atoms with van der Waals surface area (Å²) in [7, 11) is 0. The predicted octanol–water partition coefficient (Wildman–Crippen LogP) is 2.67. The third-order valence-corrected chi connectivity index (χ3v) is 3.11. The monoisotopic (exact) mass is 265 g/mol. The highest BCUT2D eigenvalue weighted by atomic mass is 35.5. The molecule has 16 heavy (non-hydrogen) atoms. The average Bonchev–Trinajstić information content (AvgIpc) is 3.03. The van der Waals surface area contributed by atoms with Crippen molar-refractivity contribution in [3.05, 3.63) is 34.6 Å². The first kappa shape index (κ1) is 13.7. The predicted molar refractivity (Wildman–Crippen MR) is 64.3 cm³/mol. The van der Waals surface area contributed by atoms with E-state index in [0.29, 0.717) is 5.56 Å². The lowest BCUT2D eigenvalue weighted by Gasteiger charge is -2.18.